The van der Waals surface area contributed by atoms with E-state index in [1.807, 2.05) is 0 Å². The molecule has 0 aliphatic rings. The van der Waals surface area contributed by atoms with E-state index >= 15 is 0 Å². The van der Waals surface area contributed by atoms with Crippen molar-refractivity contribution in [2.75, 3.05) is 19.1 Å². The minimum Gasteiger partial charge on any atom is -0.495 e. The van der Waals surface area contributed by atoms with Gasteiger partial charge >= 0.3 is 6.18 Å². The molecule has 0 amide bonds. The monoisotopic (exact) mass is 341 g/mol. The van der Waals surface area contributed by atoms with Crippen LogP contribution in [0.5, 0.6) is 11.6 Å². The van der Waals surface area contributed by atoms with Crippen LogP contribution < -0.4 is 14.4 Å². The van der Waals surface area contributed by atoms with Gasteiger partial charge < -0.3 is 14.4 Å². The van der Waals surface area contributed by atoms with Crippen molar-refractivity contribution in [2.45, 2.75) is 26.1 Å². The van der Waals surface area contributed by atoms with Crippen LogP contribution in [0, 0.1) is 0 Å². The number of hydrogen-bond acceptors (Lipinski definition) is 5. The fourth-order valence-corrected chi connectivity index (χ4v) is 2.04. The minimum absolute atomic E-state index is 0.0724. The number of nitrogens with zero attached hydrogens (tertiary/aromatic N) is 3. The number of ether oxygens (including phenoxy) is 2. The van der Waals surface area contributed by atoms with Crippen LogP contribution in [-0.2, 0) is 6.18 Å². The number of hydrogen-bond donors (Lipinski definition) is 0. The van der Waals surface area contributed by atoms with E-state index in [4.69, 9.17) is 9.47 Å². The maximum atomic E-state index is 13.1. The normalized spacial score (nSPS) is 11.5. The van der Waals surface area contributed by atoms with Gasteiger partial charge in [0.1, 0.15) is 11.3 Å². The zero-order valence-corrected chi connectivity index (χ0v) is 13.8. The van der Waals surface area contributed by atoms with Crippen LogP contribution in [0.1, 0.15) is 19.4 Å². The Hall–Kier alpha value is -2.51. The number of rotatable bonds is 5. The summed E-state index contributed by atoms with van der Waals surface area (Å²) in [5.74, 6) is 0.127. The molecule has 0 fully saturated rings. The molecule has 130 valence electrons. The van der Waals surface area contributed by atoms with Gasteiger partial charge in [-0.3, -0.25) is 0 Å². The van der Waals surface area contributed by atoms with Crippen LogP contribution >= 0.6 is 0 Å². The van der Waals surface area contributed by atoms with E-state index < -0.39 is 23.7 Å². The molecule has 0 radical (unpaired) electrons. The summed E-state index contributed by atoms with van der Waals surface area (Å²) in [6.07, 6.45) is -4.32. The Bertz CT molecular complexity index is 705. The third-order valence-electron chi connectivity index (χ3n) is 3.14. The number of para-hydroxylation sites is 2. The molecule has 0 N–H and O–H groups in total. The number of aromatic nitrogens is 2. The van der Waals surface area contributed by atoms with E-state index in [0.717, 1.165) is 6.20 Å². The number of methoxy groups -OCH3 is 1. The Kier molecular flexibility index (Phi) is 5.16. The van der Waals surface area contributed by atoms with Crippen LogP contribution in [0.2, 0.25) is 0 Å². The standard InChI is InChI=1S/C16H18F3N3O2/c1-10(2)24-14-11(16(17,18)19)9-20-15(21-14)22(3)12-7-5-6-8-13(12)23-4/h5-10H,1-4H3. The van der Waals surface area contributed by atoms with Gasteiger partial charge in [-0.25, -0.2) is 4.98 Å². The lowest BCUT2D eigenvalue weighted by atomic mass is 10.2. The maximum Gasteiger partial charge on any atom is 0.423 e. The van der Waals surface area contributed by atoms with Gasteiger partial charge in [0.2, 0.25) is 11.8 Å². The summed E-state index contributed by atoms with van der Waals surface area (Å²) < 4.78 is 49.7. The Balaban J connectivity index is 2.47. The third-order valence-corrected chi connectivity index (χ3v) is 3.14. The zero-order chi connectivity index (χ0) is 17.9. The first-order valence-corrected chi connectivity index (χ1v) is 7.21. The van der Waals surface area contributed by atoms with Gasteiger partial charge in [0, 0.05) is 13.2 Å². The summed E-state index contributed by atoms with van der Waals surface area (Å²) in [6.45, 7) is 3.26. The smallest absolute Gasteiger partial charge is 0.423 e. The van der Waals surface area contributed by atoms with Crippen molar-refractivity contribution in [3.8, 4) is 11.6 Å². The predicted octanol–water partition coefficient (Wildman–Crippen LogP) is 4.06. The molecule has 0 spiro atoms. The first kappa shape index (κ1) is 17.8. The topological polar surface area (TPSA) is 47.5 Å². The molecule has 1 aromatic carbocycles. The summed E-state index contributed by atoms with van der Waals surface area (Å²) in [5.41, 5.74) is -0.386. The molecule has 0 saturated carbocycles. The first-order chi connectivity index (χ1) is 11.2. The molecule has 2 aromatic rings. The number of benzene rings is 1. The number of halogens is 3. The molecule has 0 saturated heterocycles. The molecular formula is C16H18F3N3O2. The maximum absolute atomic E-state index is 13.1. The molecule has 8 heteroatoms. The number of anilines is 2. The molecule has 0 unspecified atom stereocenters. The average molecular weight is 341 g/mol. The van der Waals surface area contributed by atoms with Crippen LogP contribution in [0.3, 0.4) is 0 Å². The van der Waals surface area contributed by atoms with Gasteiger partial charge in [0.15, 0.2) is 0 Å². The van der Waals surface area contributed by atoms with E-state index in [-0.39, 0.29) is 5.95 Å². The van der Waals surface area contributed by atoms with Crippen LogP contribution in [-0.4, -0.2) is 30.2 Å². The highest BCUT2D eigenvalue weighted by Crippen LogP contribution is 2.37. The average Bonchev–Trinajstić information content (AvgIpc) is 2.52. The van der Waals surface area contributed by atoms with E-state index in [0.29, 0.717) is 11.4 Å². The summed E-state index contributed by atoms with van der Waals surface area (Å²) >= 11 is 0. The van der Waals surface area contributed by atoms with Gasteiger partial charge in [-0.15, -0.1) is 0 Å². The molecule has 24 heavy (non-hydrogen) atoms. The molecule has 0 atom stereocenters. The van der Waals surface area contributed by atoms with Gasteiger partial charge in [-0.05, 0) is 26.0 Å². The highest BCUT2D eigenvalue weighted by molar-refractivity contribution is 5.64. The van der Waals surface area contributed by atoms with Crippen molar-refractivity contribution in [2.24, 2.45) is 0 Å². The molecule has 0 aliphatic carbocycles. The lowest BCUT2D eigenvalue weighted by molar-refractivity contribution is -0.139. The van der Waals surface area contributed by atoms with E-state index in [2.05, 4.69) is 9.97 Å². The highest BCUT2D eigenvalue weighted by Gasteiger charge is 2.36. The van der Waals surface area contributed by atoms with Gasteiger partial charge in [0.25, 0.3) is 0 Å². The Labute approximate surface area is 138 Å². The molecule has 0 aliphatic heterocycles. The second-order valence-electron chi connectivity index (χ2n) is 5.28. The molecule has 2 rings (SSSR count). The van der Waals surface area contributed by atoms with Crippen molar-refractivity contribution >= 4 is 11.6 Å². The second-order valence-corrected chi connectivity index (χ2v) is 5.28. The van der Waals surface area contributed by atoms with Crippen molar-refractivity contribution in [1.82, 2.24) is 9.97 Å². The lowest BCUT2D eigenvalue weighted by Crippen LogP contribution is -2.19. The molecule has 1 aromatic heterocycles. The zero-order valence-electron chi connectivity index (χ0n) is 13.8. The fraction of sp³-hybridized carbons (Fsp3) is 0.375. The van der Waals surface area contributed by atoms with Crippen LogP contribution in [0.4, 0.5) is 24.8 Å². The first-order valence-electron chi connectivity index (χ1n) is 7.21. The highest BCUT2D eigenvalue weighted by atomic mass is 19.4. The molecule has 0 bridgehead atoms. The SMILES string of the molecule is COc1ccccc1N(C)c1ncc(C(F)(F)F)c(OC(C)C)n1. The number of alkyl halides is 3. The Morgan fingerprint density at radius 2 is 1.83 bits per heavy atom. The molecule has 1 heterocycles. The summed E-state index contributed by atoms with van der Waals surface area (Å²) in [7, 11) is 3.15. The van der Waals surface area contributed by atoms with Crippen LogP contribution in [0.25, 0.3) is 0 Å². The lowest BCUT2D eigenvalue weighted by Gasteiger charge is -2.22. The van der Waals surface area contributed by atoms with E-state index in [9.17, 15) is 13.2 Å². The van der Waals surface area contributed by atoms with Crippen LogP contribution in [0.15, 0.2) is 30.5 Å². The van der Waals surface area contributed by atoms with Crippen molar-refractivity contribution in [3.05, 3.63) is 36.0 Å². The second kappa shape index (κ2) is 6.94. The predicted molar refractivity (Wildman–Crippen MR) is 83.9 cm³/mol. The van der Waals surface area contributed by atoms with Gasteiger partial charge in [0.05, 0.1) is 18.9 Å². The van der Waals surface area contributed by atoms with Crippen molar-refractivity contribution in [1.29, 1.82) is 0 Å². The van der Waals surface area contributed by atoms with Gasteiger partial charge in [-0.1, -0.05) is 12.1 Å². The van der Waals surface area contributed by atoms with Crippen molar-refractivity contribution < 1.29 is 22.6 Å². The minimum atomic E-state index is -4.59. The van der Waals surface area contributed by atoms with Crippen molar-refractivity contribution in [3.63, 3.8) is 0 Å². The van der Waals surface area contributed by atoms with E-state index in [1.54, 1.807) is 45.2 Å². The quantitative estimate of drug-likeness (QED) is 0.821. The fourth-order valence-electron chi connectivity index (χ4n) is 2.04. The molecule has 5 nitrogen and oxygen atoms in total. The van der Waals surface area contributed by atoms with E-state index in [1.165, 1.54) is 12.0 Å². The van der Waals surface area contributed by atoms with Gasteiger partial charge in [-0.2, -0.15) is 18.2 Å². The summed E-state index contributed by atoms with van der Waals surface area (Å²) in [4.78, 5) is 9.31. The summed E-state index contributed by atoms with van der Waals surface area (Å²) in [6, 6.07) is 7.06. The largest absolute Gasteiger partial charge is 0.495 e. The Morgan fingerprint density at radius 1 is 1.17 bits per heavy atom. The summed E-state index contributed by atoms with van der Waals surface area (Å²) in [5, 5.41) is 0. The Morgan fingerprint density at radius 3 is 2.42 bits per heavy atom. The third kappa shape index (κ3) is 3.87. The molecular weight excluding hydrogens is 323 g/mol.